The van der Waals surface area contributed by atoms with E-state index < -0.39 is 0 Å². The van der Waals surface area contributed by atoms with Gasteiger partial charge in [-0.15, -0.1) is 24.0 Å². The van der Waals surface area contributed by atoms with Gasteiger partial charge in [0.2, 0.25) is 0 Å². The van der Waals surface area contributed by atoms with E-state index in [9.17, 15) is 0 Å². The summed E-state index contributed by atoms with van der Waals surface area (Å²) in [6.07, 6.45) is 0. The molecule has 158 valence electrons. The maximum atomic E-state index is 5.42. The third kappa shape index (κ3) is 7.29. The predicted molar refractivity (Wildman–Crippen MR) is 136 cm³/mol. The highest BCUT2D eigenvalue weighted by Gasteiger charge is 2.10. The molecule has 3 rings (SSSR count). The third-order valence-electron chi connectivity index (χ3n) is 4.72. The molecule has 5 nitrogen and oxygen atoms in total. The standard InChI is InChI=1S/C22H30N4OS.HI/c1-3-23-22(25-17-19-6-4-5-7-21(19)27-2)24-16-18-8-10-20(11-9-18)26-12-14-28-15-13-26;/h4-11H,3,12-17H2,1-2H3,(H2,23,24,25);1H. The Balaban J connectivity index is 0.00000300. The Bertz CT molecular complexity index is 764. The zero-order chi connectivity index (χ0) is 19.6. The molecule has 29 heavy (non-hydrogen) atoms. The van der Waals surface area contributed by atoms with Crippen LogP contribution in [0.3, 0.4) is 0 Å². The van der Waals surface area contributed by atoms with Gasteiger partial charge in [0, 0.05) is 48.9 Å². The molecule has 0 radical (unpaired) electrons. The summed E-state index contributed by atoms with van der Waals surface area (Å²) in [4.78, 5) is 7.19. The zero-order valence-corrected chi connectivity index (χ0v) is 20.3. The van der Waals surface area contributed by atoms with Crippen molar-refractivity contribution >= 4 is 47.4 Å². The highest BCUT2D eigenvalue weighted by molar-refractivity contribution is 14.0. The van der Waals surface area contributed by atoms with Crippen LogP contribution in [0.2, 0.25) is 0 Å². The van der Waals surface area contributed by atoms with Crippen LogP contribution in [0.4, 0.5) is 5.69 Å². The number of nitrogens with one attached hydrogen (secondary N) is 2. The van der Waals surface area contributed by atoms with E-state index >= 15 is 0 Å². The van der Waals surface area contributed by atoms with E-state index in [4.69, 9.17) is 9.73 Å². The Kier molecular flexibility index (Phi) is 10.5. The Morgan fingerprint density at radius 3 is 2.48 bits per heavy atom. The minimum absolute atomic E-state index is 0. The molecule has 0 unspecified atom stereocenters. The van der Waals surface area contributed by atoms with E-state index in [1.54, 1.807) is 7.11 Å². The maximum Gasteiger partial charge on any atom is 0.191 e. The molecule has 2 aromatic carbocycles. The van der Waals surface area contributed by atoms with Crippen LogP contribution in [0.1, 0.15) is 18.1 Å². The molecular formula is C22H31IN4OS. The molecule has 1 aliphatic heterocycles. The van der Waals surface area contributed by atoms with Gasteiger partial charge in [-0.3, -0.25) is 0 Å². The number of methoxy groups -OCH3 is 1. The number of benzene rings is 2. The molecule has 1 aliphatic rings. The summed E-state index contributed by atoms with van der Waals surface area (Å²) in [5.41, 5.74) is 3.64. The molecular weight excluding hydrogens is 495 g/mol. The number of ether oxygens (including phenoxy) is 1. The van der Waals surface area contributed by atoms with Crippen LogP contribution in [-0.4, -0.2) is 44.2 Å². The van der Waals surface area contributed by atoms with Gasteiger partial charge >= 0.3 is 0 Å². The number of halogens is 1. The van der Waals surface area contributed by atoms with E-state index in [-0.39, 0.29) is 24.0 Å². The number of nitrogens with zero attached hydrogens (tertiary/aromatic N) is 2. The summed E-state index contributed by atoms with van der Waals surface area (Å²) >= 11 is 2.04. The first-order chi connectivity index (χ1) is 13.8. The van der Waals surface area contributed by atoms with E-state index in [0.29, 0.717) is 13.1 Å². The normalized spacial score (nSPS) is 14.1. The summed E-state index contributed by atoms with van der Waals surface area (Å²) in [5.74, 6) is 4.13. The number of thioether (sulfide) groups is 1. The first-order valence-electron chi connectivity index (χ1n) is 9.86. The summed E-state index contributed by atoms with van der Waals surface area (Å²) < 4.78 is 5.42. The molecule has 0 bridgehead atoms. The van der Waals surface area contributed by atoms with E-state index in [2.05, 4.69) is 52.8 Å². The van der Waals surface area contributed by atoms with Gasteiger partial charge in [-0.05, 0) is 30.7 Å². The van der Waals surface area contributed by atoms with E-state index in [0.717, 1.165) is 36.9 Å². The van der Waals surface area contributed by atoms with Gasteiger partial charge in [-0.1, -0.05) is 30.3 Å². The number of hydrogen-bond donors (Lipinski definition) is 2. The molecule has 2 aromatic rings. The molecule has 7 heteroatoms. The average Bonchev–Trinajstić information content (AvgIpc) is 2.77. The van der Waals surface area contributed by atoms with Crippen molar-refractivity contribution in [2.24, 2.45) is 4.99 Å². The average molecular weight is 526 g/mol. The van der Waals surface area contributed by atoms with Crippen molar-refractivity contribution in [1.82, 2.24) is 10.6 Å². The number of rotatable bonds is 7. The van der Waals surface area contributed by atoms with Crippen molar-refractivity contribution in [2.75, 3.05) is 43.1 Å². The van der Waals surface area contributed by atoms with Gasteiger partial charge in [-0.2, -0.15) is 11.8 Å². The van der Waals surface area contributed by atoms with Crippen molar-refractivity contribution in [3.05, 3.63) is 59.7 Å². The fourth-order valence-electron chi connectivity index (χ4n) is 3.17. The van der Waals surface area contributed by atoms with Crippen LogP contribution in [0, 0.1) is 0 Å². The van der Waals surface area contributed by atoms with Crippen LogP contribution >= 0.6 is 35.7 Å². The third-order valence-corrected chi connectivity index (χ3v) is 5.66. The number of aliphatic imine (C=N–C) groups is 1. The monoisotopic (exact) mass is 526 g/mol. The van der Waals surface area contributed by atoms with Gasteiger partial charge < -0.3 is 20.3 Å². The first kappa shape index (κ1) is 23.7. The van der Waals surface area contributed by atoms with Gasteiger partial charge in [0.05, 0.1) is 13.7 Å². The summed E-state index contributed by atoms with van der Waals surface area (Å²) in [5, 5.41) is 6.70. The molecule has 0 spiro atoms. The van der Waals surface area contributed by atoms with Crippen molar-refractivity contribution in [1.29, 1.82) is 0 Å². The number of hydrogen-bond acceptors (Lipinski definition) is 4. The lowest BCUT2D eigenvalue weighted by Crippen LogP contribution is -2.36. The molecule has 0 amide bonds. The fraction of sp³-hybridized carbons (Fsp3) is 0.409. The lowest BCUT2D eigenvalue weighted by molar-refractivity contribution is 0.409. The van der Waals surface area contributed by atoms with Crippen LogP contribution in [0.15, 0.2) is 53.5 Å². The van der Waals surface area contributed by atoms with E-state index in [1.165, 1.54) is 22.8 Å². The predicted octanol–water partition coefficient (Wildman–Crippen LogP) is 4.12. The molecule has 0 aliphatic carbocycles. The smallest absolute Gasteiger partial charge is 0.191 e. The number of para-hydroxylation sites is 1. The lowest BCUT2D eigenvalue weighted by atomic mass is 10.2. The Morgan fingerprint density at radius 1 is 1.07 bits per heavy atom. The van der Waals surface area contributed by atoms with Crippen LogP contribution < -0.4 is 20.3 Å². The molecule has 0 aromatic heterocycles. The van der Waals surface area contributed by atoms with Crippen molar-refractivity contribution in [3.63, 3.8) is 0 Å². The number of guanidine groups is 1. The van der Waals surface area contributed by atoms with Gasteiger partial charge in [0.1, 0.15) is 5.75 Å². The molecule has 1 heterocycles. The minimum Gasteiger partial charge on any atom is -0.496 e. The van der Waals surface area contributed by atoms with Crippen molar-refractivity contribution < 1.29 is 4.74 Å². The van der Waals surface area contributed by atoms with Crippen LogP contribution in [0.5, 0.6) is 5.75 Å². The molecule has 0 saturated carbocycles. The van der Waals surface area contributed by atoms with Crippen LogP contribution in [-0.2, 0) is 13.1 Å². The lowest BCUT2D eigenvalue weighted by Gasteiger charge is -2.28. The second-order valence-corrected chi connectivity index (χ2v) is 7.85. The van der Waals surface area contributed by atoms with Crippen molar-refractivity contribution in [3.8, 4) is 5.75 Å². The largest absolute Gasteiger partial charge is 0.496 e. The van der Waals surface area contributed by atoms with Crippen molar-refractivity contribution in [2.45, 2.75) is 20.0 Å². The highest BCUT2D eigenvalue weighted by atomic mass is 127. The second kappa shape index (κ2) is 12.8. The highest BCUT2D eigenvalue weighted by Crippen LogP contribution is 2.20. The topological polar surface area (TPSA) is 48.9 Å². The summed E-state index contributed by atoms with van der Waals surface area (Å²) in [6.45, 7) is 6.49. The van der Waals surface area contributed by atoms with Gasteiger partial charge in [0.15, 0.2) is 5.96 Å². The van der Waals surface area contributed by atoms with Crippen LogP contribution in [0.25, 0.3) is 0 Å². The molecule has 2 N–H and O–H groups in total. The van der Waals surface area contributed by atoms with Gasteiger partial charge in [-0.25, -0.2) is 4.99 Å². The zero-order valence-electron chi connectivity index (χ0n) is 17.2. The number of anilines is 1. The van der Waals surface area contributed by atoms with Gasteiger partial charge in [0.25, 0.3) is 0 Å². The van der Waals surface area contributed by atoms with E-state index in [1.807, 2.05) is 30.0 Å². The quantitative estimate of drug-likeness (QED) is 0.323. The molecule has 0 atom stereocenters. The Morgan fingerprint density at radius 2 is 1.79 bits per heavy atom. The SMILES string of the molecule is CCNC(=NCc1ccc(N2CCSCC2)cc1)NCc1ccccc1OC.I. The summed E-state index contributed by atoms with van der Waals surface area (Å²) in [6, 6.07) is 16.8. The fourth-order valence-corrected chi connectivity index (χ4v) is 4.08. The Hall–Kier alpha value is -1.61. The molecule has 1 fully saturated rings. The summed E-state index contributed by atoms with van der Waals surface area (Å²) in [7, 11) is 1.70. The first-order valence-corrected chi connectivity index (χ1v) is 11.0. The second-order valence-electron chi connectivity index (χ2n) is 6.63. The minimum atomic E-state index is 0. The Labute approximate surface area is 195 Å². The maximum absolute atomic E-state index is 5.42. The molecule has 1 saturated heterocycles.